The van der Waals surface area contributed by atoms with Crippen molar-refractivity contribution in [3.63, 3.8) is 0 Å². The summed E-state index contributed by atoms with van der Waals surface area (Å²) < 4.78 is 1.98. The Balaban J connectivity index is 2.05. The maximum absolute atomic E-state index is 12.0. The molecule has 0 aliphatic carbocycles. The van der Waals surface area contributed by atoms with Gasteiger partial charge in [-0.15, -0.1) is 22.7 Å². The minimum absolute atomic E-state index is 0.0177. The maximum atomic E-state index is 12.0. The van der Waals surface area contributed by atoms with Gasteiger partial charge in [-0.1, -0.05) is 0 Å². The van der Waals surface area contributed by atoms with Crippen LogP contribution in [0, 0.1) is 0 Å². The summed E-state index contributed by atoms with van der Waals surface area (Å²) in [4.78, 5) is 34.2. The Morgan fingerprint density at radius 2 is 2.10 bits per heavy atom. The van der Waals surface area contributed by atoms with Gasteiger partial charge in [0.25, 0.3) is 5.91 Å². The van der Waals surface area contributed by atoms with Gasteiger partial charge in [0.2, 0.25) is 5.91 Å². The molecule has 2 aromatic heterocycles. The third-order valence-corrected chi connectivity index (χ3v) is 4.74. The van der Waals surface area contributed by atoms with Gasteiger partial charge in [-0.05, 0) is 23.9 Å². The van der Waals surface area contributed by atoms with Crippen LogP contribution in [-0.4, -0.2) is 28.9 Å². The standard InChI is InChI=1S/C12H12N2O4S2/c13-10(15)2-1-6(12(17)18)14-11(16)9-5-8-7(20-9)3-4-19-8/h3-6H,1-2H2,(H2,13,15)(H,14,16)(H,17,18)/t6-/m1/s1. The van der Waals surface area contributed by atoms with Crippen molar-refractivity contribution >= 4 is 49.9 Å². The molecule has 4 N–H and O–H groups in total. The summed E-state index contributed by atoms with van der Waals surface area (Å²) in [6.45, 7) is 0. The molecule has 0 aliphatic heterocycles. The minimum atomic E-state index is -1.18. The molecule has 0 fully saturated rings. The van der Waals surface area contributed by atoms with E-state index >= 15 is 0 Å². The molecule has 0 bridgehead atoms. The van der Waals surface area contributed by atoms with E-state index in [0.29, 0.717) is 4.88 Å². The van der Waals surface area contributed by atoms with Gasteiger partial charge in [0.15, 0.2) is 0 Å². The highest BCUT2D eigenvalue weighted by molar-refractivity contribution is 7.27. The molecule has 0 saturated heterocycles. The van der Waals surface area contributed by atoms with Gasteiger partial charge in [0.05, 0.1) is 4.88 Å². The van der Waals surface area contributed by atoms with Crippen LogP contribution in [0.25, 0.3) is 9.40 Å². The Kier molecular flexibility index (Phi) is 4.35. The van der Waals surface area contributed by atoms with Crippen LogP contribution < -0.4 is 11.1 Å². The molecular formula is C12H12N2O4S2. The Morgan fingerprint density at radius 1 is 1.35 bits per heavy atom. The van der Waals surface area contributed by atoms with E-state index in [1.54, 1.807) is 6.07 Å². The summed E-state index contributed by atoms with van der Waals surface area (Å²) in [6, 6.07) is 2.52. The zero-order valence-corrected chi connectivity index (χ0v) is 11.9. The number of hydrogen-bond acceptors (Lipinski definition) is 5. The smallest absolute Gasteiger partial charge is 0.326 e. The number of primary amides is 1. The molecule has 20 heavy (non-hydrogen) atoms. The number of hydrogen-bond donors (Lipinski definition) is 3. The molecule has 2 aromatic rings. The molecular weight excluding hydrogens is 300 g/mol. The number of carboxylic acid groups (broad SMARTS) is 1. The van der Waals surface area contributed by atoms with Crippen molar-refractivity contribution in [1.82, 2.24) is 5.32 Å². The van der Waals surface area contributed by atoms with Crippen molar-refractivity contribution in [3.8, 4) is 0 Å². The summed E-state index contributed by atoms with van der Waals surface area (Å²) >= 11 is 2.82. The van der Waals surface area contributed by atoms with Crippen LogP contribution in [0.2, 0.25) is 0 Å². The van der Waals surface area contributed by atoms with E-state index in [2.05, 4.69) is 5.32 Å². The van der Waals surface area contributed by atoms with E-state index in [-0.39, 0.29) is 12.8 Å². The first kappa shape index (κ1) is 14.5. The van der Waals surface area contributed by atoms with E-state index in [4.69, 9.17) is 10.8 Å². The van der Waals surface area contributed by atoms with Gasteiger partial charge in [-0.3, -0.25) is 9.59 Å². The number of thiophene rings is 2. The molecule has 106 valence electrons. The largest absolute Gasteiger partial charge is 0.480 e. The van der Waals surface area contributed by atoms with Crippen LogP contribution in [0.4, 0.5) is 0 Å². The Hall–Kier alpha value is -1.93. The van der Waals surface area contributed by atoms with E-state index in [1.807, 2.05) is 11.4 Å². The molecule has 8 heteroatoms. The van der Waals surface area contributed by atoms with Gasteiger partial charge >= 0.3 is 5.97 Å². The molecule has 2 rings (SSSR count). The Labute approximate surface area is 122 Å². The van der Waals surface area contributed by atoms with Crippen LogP contribution in [0.1, 0.15) is 22.5 Å². The lowest BCUT2D eigenvalue weighted by molar-refractivity contribution is -0.139. The van der Waals surface area contributed by atoms with Gasteiger partial charge in [-0.25, -0.2) is 4.79 Å². The molecule has 0 aromatic carbocycles. The molecule has 2 amide bonds. The Morgan fingerprint density at radius 3 is 2.70 bits per heavy atom. The number of nitrogens with two attached hydrogens (primary N) is 1. The van der Waals surface area contributed by atoms with E-state index < -0.39 is 23.8 Å². The number of aliphatic carboxylic acids is 1. The Bertz CT molecular complexity index is 633. The highest BCUT2D eigenvalue weighted by Gasteiger charge is 2.22. The fraction of sp³-hybridized carbons (Fsp3) is 0.250. The van der Waals surface area contributed by atoms with Crippen LogP contribution in [-0.2, 0) is 9.59 Å². The number of carboxylic acids is 1. The molecule has 1 atom stereocenters. The summed E-state index contributed by atoms with van der Waals surface area (Å²) in [5.74, 6) is -2.23. The summed E-state index contributed by atoms with van der Waals surface area (Å²) in [5.41, 5.74) is 4.98. The number of fused-ring (bicyclic) bond motifs is 1. The van der Waals surface area contributed by atoms with Crippen LogP contribution in [0.15, 0.2) is 17.5 Å². The quantitative estimate of drug-likeness (QED) is 0.749. The summed E-state index contributed by atoms with van der Waals surface area (Å²) in [6.07, 6.45) is -0.104. The first-order valence-electron chi connectivity index (χ1n) is 5.76. The predicted octanol–water partition coefficient (Wildman–Crippen LogP) is 1.41. The first-order chi connectivity index (χ1) is 9.47. The second-order valence-corrected chi connectivity index (χ2v) is 6.16. The lowest BCUT2D eigenvalue weighted by Gasteiger charge is -2.12. The number of amides is 2. The van der Waals surface area contributed by atoms with Crippen molar-refractivity contribution < 1.29 is 19.5 Å². The monoisotopic (exact) mass is 312 g/mol. The normalized spacial score (nSPS) is 12.2. The molecule has 0 spiro atoms. The van der Waals surface area contributed by atoms with Crippen LogP contribution >= 0.6 is 22.7 Å². The highest BCUT2D eigenvalue weighted by atomic mass is 32.1. The molecule has 6 nitrogen and oxygen atoms in total. The first-order valence-corrected chi connectivity index (χ1v) is 7.46. The predicted molar refractivity (Wildman–Crippen MR) is 77.0 cm³/mol. The number of carbonyl (C=O) groups excluding carboxylic acids is 2. The van der Waals surface area contributed by atoms with Crippen LogP contribution in [0.5, 0.6) is 0 Å². The molecule has 0 aliphatic rings. The zero-order chi connectivity index (χ0) is 14.7. The van der Waals surface area contributed by atoms with Gasteiger partial charge in [0, 0.05) is 15.8 Å². The third-order valence-electron chi connectivity index (χ3n) is 2.65. The average Bonchev–Trinajstić information content (AvgIpc) is 2.93. The summed E-state index contributed by atoms with van der Waals surface area (Å²) in [5, 5.41) is 13.4. The van der Waals surface area contributed by atoms with Crippen molar-refractivity contribution in [2.75, 3.05) is 0 Å². The van der Waals surface area contributed by atoms with Gasteiger partial charge in [-0.2, -0.15) is 0 Å². The second-order valence-electron chi connectivity index (χ2n) is 4.13. The maximum Gasteiger partial charge on any atom is 0.326 e. The third kappa shape index (κ3) is 3.34. The lowest BCUT2D eigenvalue weighted by Crippen LogP contribution is -2.41. The van der Waals surface area contributed by atoms with E-state index in [9.17, 15) is 14.4 Å². The molecule has 2 heterocycles. The van der Waals surface area contributed by atoms with Crippen molar-refractivity contribution in [3.05, 3.63) is 22.4 Å². The fourth-order valence-corrected chi connectivity index (χ4v) is 3.66. The van der Waals surface area contributed by atoms with Crippen molar-refractivity contribution in [2.24, 2.45) is 5.73 Å². The average molecular weight is 312 g/mol. The molecule has 0 unspecified atom stereocenters. The highest BCUT2D eigenvalue weighted by Crippen LogP contribution is 2.29. The number of rotatable bonds is 6. The molecule has 0 radical (unpaired) electrons. The SMILES string of the molecule is NC(=O)CC[C@@H](NC(=O)c1cc2sccc2s1)C(=O)O. The fourth-order valence-electron chi connectivity index (χ4n) is 1.65. The zero-order valence-electron chi connectivity index (χ0n) is 10.3. The van der Waals surface area contributed by atoms with Crippen molar-refractivity contribution in [2.45, 2.75) is 18.9 Å². The van der Waals surface area contributed by atoms with E-state index in [0.717, 1.165) is 9.40 Å². The van der Waals surface area contributed by atoms with Gasteiger partial charge < -0.3 is 16.2 Å². The van der Waals surface area contributed by atoms with Crippen LogP contribution in [0.3, 0.4) is 0 Å². The van der Waals surface area contributed by atoms with Crippen molar-refractivity contribution in [1.29, 1.82) is 0 Å². The minimum Gasteiger partial charge on any atom is -0.480 e. The topological polar surface area (TPSA) is 109 Å². The number of carbonyl (C=O) groups is 3. The summed E-state index contributed by atoms with van der Waals surface area (Å²) in [7, 11) is 0. The number of nitrogens with one attached hydrogen (secondary N) is 1. The van der Waals surface area contributed by atoms with Gasteiger partial charge in [0.1, 0.15) is 6.04 Å². The lowest BCUT2D eigenvalue weighted by atomic mass is 10.1. The second kappa shape index (κ2) is 6.02. The molecule has 0 saturated carbocycles. The van der Waals surface area contributed by atoms with E-state index in [1.165, 1.54) is 22.7 Å².